The zero-order chi connectivity index (χ0) is 17.9. The Labute approximate surface area is 149 Å². The lowest BCUT2D eigenvalue weighted by atomic mass is 10.1. The van der Waals surface area contributed by atoms with E-state index < -0.39 is 0 Å². The third kappa shape index (κ3) is 8.31. The number of hydrogen-bond donors (Lipinski definition) is 2. The minimum atomic E-state index is 0.565. The summed E-state index contributed by atoms with van der Waals surface area (Å²) >= 11 is 0. The molecule has 1 heterocycles. The first-order valence-corrected chi connectivity index (χ1v) is 9.44. The number of hydrogen-bond acceptors (Lipinski definition) is 4. The summed E-state index contributed by atoms with van der Waals surface area (Å²) in [5, 5.41) is 6.89. The van der Waals surface area contributed by atoms with Crippen LogP contribution < -0.4 is 10.6 Å². The predicted octanol–water partition coefficient (Wildman–Crippen LogP) is 1.24. The zero-order valence-corrected chi connectivity index (χ0v) is 16.6. The van der Waals surface area contributed by atoms with Crippen LogP contribution in [0.2, 0.25) is 0 Å². The summed E-state index contributed by atoms with van der Waals surface area (Å²) in [4.78, 5) is 9.30. The van der Waals surface area contributed by atoms with Gasteiger partial charge in [0.2, 0.25) is 0 Å². The fourth-order valence-corrected chi connectivity index (χ4v) is 3.20. The second kappa shape index (κ2) is 11.7. The molecule has 0 radical (unpaired) electrons. The van der Waals surface area contributed by atoms with Gasteiger partial charge >= 0.3 is 0 Å². The smallest absolute Gasteiger partial charge is 0.191 e. The van der Waals surface area contributed by atoms with Gasteiger partial charge in [-0.1, -0.05) is 6.92 Å². The lowest BCUT2D eigenvalue weighted by Crippen LogP contribution is -2.47. The Morgan fingerprint density at radius 2 is 1.71 bits per heavy atom. The van der Waals surface area contributed by atoms with Crippen molar-refractivity contribution in [2.45, 2.75) is 46.7 Å². The number of morpholine rings is 1. The Morgan fingerprint density at radius 3 is 2.25 bits per heavy atom. The van der Waals surface area contributed by atoms with E-state index in [1.807, 2.05) is 7.05 Å². The van der Waals surface area contributed by atoms with Crippen molar-refractivity contribution in [3.63, 3.8) is 0 Å². The Hall–Kier alpha value is -0.850. The largest absolute Gasteiger partial charge is 0.379 e. The minimum Gasteiger partial charge on any atom is -0.379 e. The van der Waals surface area contributed by atoms with Gasteiger partial charge in [0, 0.05) is 58.4 Å². The van der Waals surface area contributed by atoms with Crippen molar-refractivity contribution >= 4 is 5.96 Å². The molecule has 1 rings (SSSR count). The van der Waals surface area contributed by atoms with Gasteiger partial charge in [0.1, 0.15) is 0 Å². The maximum Gasteiger partial charge on any atom is 0.191 e. The molecule has 142 valence electrons. The van der Waals surface area contributed by atoms with Crippen LogP contribution >= 0.6 is 0 Å². The van der Waals surface area contributed by atoms with Gasteiger partial charge in [-0.2, -0.15) is 0 Å². The lowest BCUT2D eigenvalue weighted by Gasteiger charge is -2.31. The van der Waals surface area contributed by atoms with Crippen molar-refractivity contribution in [1.82, 2.24) is 20.4 Å². The van der Waals surface area contributed by atoms with E-state index in [4.69, 9.17) is 4.74 Å². The molecule has 6 nitrogen and oxygen atoms in total. The van der Waals surface area contributed by atoms with Crippen molar-refractivity contribution in [1.29, 1.82) is 0 Å². The molecule has 1 saturated heterocycles. The average Bonchev–Trinajstić information content (AvgIpc) is 2.54. The summed E-state index contributed by atoms with van der Waals surface area (Å²) < 4.78 is 5.40. The van der Waals surface area contributed by atoms with Gasteiger partial charge in [-0.15, -0.1) is 0 Å². The van der Waals surface area contributed by atoms with E-state index in [1.165, 1.54) is 0 Å². The van der Waals surface area contributed by atoms with Crippen molar-refractivity contribution in [3.05, 3.63) is 0 Å². The molecular weight excluding hydrogens is 302 g/mol. The number of nitrogens with zero attached hydrogens (tertiary/aromatic N) is 3. The van der Waals surface area contributed by atoms with E-state index in [9.17, 15) is 0 Å². The maximum atomic E-state index is 5.40. The van der Waals surface area contributed by atoms with E-state index in [2.05, 4.69) is 60.0 Å². The standard InChI is InChI=1S/C18H39N5O/c1-15(2)23(16(3)4)8-7-20-18(19-6)21-13-17(5)14-22-9-11-24-12-10-22/h15-17H,7-14H2,1-6H3,(H2,19,20,21). The van der Waals surface area contributed by atoms with Crippen molar-refractivity contribution in [2.24, 2.45) is 10.9 Å². The fraction of sp³-hybridized carbons (Fsp3) is 0.944. The first-order valence-electron chi connectivity index (χ1n) is 9.44. The summed E-state index contributed by atoms with van der Waals surface area (Å²) in [5.74, 6) is 1.49. The third-order valence-corrected chi connectivity index (χ3v) is 4.50. The number of rotatable bonds is 9. The van der Waals surface area contributed by atoms with Crippen LogP contribution in [-0.2, 0) is 4.74 Å². The van der Waals surface area contributed by atoms with Crippen LogP contribution in [0.1, 0.15) is 34.6 Å². The molecule has 0 aliphatic carbocycles. The van der Waals surface area contributed by atoms with Crippen molar-refractivity contribution < 1.29 is 4.74 Å². The van der Waals surface area contributed by atoms with E-state index in [0.717, 1.165) is 58.4 Å². The molecule has 6 heteroatoms. The molecule has 2 N–H and O–H groups in total. The quantitative estimate of drug-likeness (QED) is 0.488. The summed E-state index contributed by atoms with van der Waals surface area (Å²) in [7, 11) is 1.84. The van der Waals surface area contributed by atoms with Gasteiger partial charge in [-0.3, -0.25) is 14.8 Å². The van der Waals surface area contributed by atoms with E-state index in [1.54, 1.807) is 0 Å². The normalized spacial score (nSPS) is 18.5. The number of ether oxygens (including phenoxy) is 1. The Bertz CT molecular complexity index is 345. The Kier molecular flexibility index (Phi) is 10.3. The number of nitrogens with one attached hydrogen (secondary N) is 2. The molecule has 1 aliphatic rings. The molecule has 0 amide bonds. The zero-order valence-electron chi connectivity index (χ0n) is 16.6. The van der Waals surface area contributed by atoms with Gasteiger partial charge in [0.25, 0.3) is 0 Å². The highest BCUT2D eigenvalue weighted by Crippen LogP contribution is 2.04. The van der Waals surface area contributed by atoms with Crippen LogP contribution in [0.5, 0.6) is 0 Å². The third-order valence-electron chi connectivity index (χ3n) is 4.50. The molecule has 0 aromatic carbocycles. The Morgan fingerprint density at radius 1 is 1.08 bits per heavy atom. The van der Waals surface area contributed by atoms with Gasteiger partial charge in [-0.05, 0) is 33.6 Å². The monoisotopic (exact) mass is 341 g/mol. The maximum absolute atomic E-state index is 5.40. The molecule has 1 fully saturated rings. The molecule has 1 atom stereocenters. The van der Waals surface area contributed by atoms with Crippen LogP contribution in [0.3, 0.4) is 0 Å². The number of aliphatic imine (C=N–C) groups is 1. The highest BCUT2D eigenvalue weighted by Gasteiger charge is 2.15. The van der Waals surface area contributed by atoms with E-state index in [-0.39, 0.29) is 0 Å². The van der Waals surface area contributed by atoms with Crippen molar-refractivity contribution in [2.75, 3.05) is 59.5 Å². The van der Waals surface area contributed by atoms with Crippen LogP contribution in [0.25, 0.3) is 0 Å². The molecule has 0 spiro atoms. The summed E-state index contributed by atoms with van der Waals surface area (Å²) in [6, 6.07) is 1.13. The summed E-state index contributed by atoms with van der Waals surface area (Å²) in [5.41, 5.74) is 0. The molecule has 0 aromatic heterocycles. The molecule has 24 heavy (non-hydrogen) atoms. The summed E-state index contributed by atoms with van der Waals surface area (Å²) in [6.07, 6.45) is 0. The van der Waals surface area contributed by atoms with Crippen molar-refractivity contribution in [3.8, 4) is 0 Å². The predicted molar refractivity (Wildman–Crippen MR) is 103 cm³/mol. The van der Waals surface area contributed by atoms with Gasteiger partial charge in [-0.25, -0.2) is 0 Å². The minimum absolute atomic E-state index is 0.565. The molecule has 0 bridgehead atoms. The highest BCUT2D eigenvalue weighted by atomic mass is 16.5. The lowest BCUT2D eigenvalue weighted by molar-refractivity contribution is 0.0320. The van der Waals surface area contributed by atoms with E-state index >= 15 is 0 Å². The van der Waals surface area contributed by atoms with Crippen LogP contribution in [-0.4, -0.2) is 87.4 Å². The second-order valence-corrected chi connectivity index (χ2v) is 7.32. The number of guanidine groups is 1. The molecular formula is C18H39N5O. The van der Waals surface area contributed by atoms with Gasteiger partial charge < -0.3 is 15.4 Å². The first-order chi connectivity index (χ1) is 11.4. The molecule has 1 aliphatic heterocycles. The SMILES string of the molecule is CN=C(NCCN(C(C)C)C(C)C)NCC(C)CN1CCOCC1. The van der Waals surface area contributed by atoms with Crippen LogP contribution in [0.4, 0.5) is 0 Å². The molecule has 0 saturated carbocycles. The van der Waals surface area contributed by atoms with Gasteiger partial charge in [0.05, 0.1) is 13.2 Å². The van der Waals surface area contributed by atoms with Gasteiger partial charge in [0.15, 0.2) is 5.96 Å². The van der Waals surface area contributed by atoms with E-state index in [0.29, 0.717) is 18.0 Å². The highest BCUT2D eigenvalue weighted by molar-refractivity contribution is 5.79. The summed E-state index contributed by atoms with van der Waals surface area (Å²) in [6.45, 7) is 19.1. The average molecular weight is 342 g/mol. The van der Waals surface area contributed by atoms with Crippen LogP contribution in [0.15, 0.2) is 4.99 Å². The second-order valence-electron chi connectivity index (χ2n) is 7.32. The van der Waals surface area contributed by atoms with Crippen LogP contribution in [0, 0.1) is 5.92 Å². The Balaban J connectivity index is 2.24. The fourth-order valence-electron chi connectivity index (χ4n) is 3.20. The molecule has 0 aromatic rings. The first kappa shape index (κ1) is 21.2. The topological polar surface area (TPSA) is 52.1 Å². The molecule has 1 unspecified atom stereocenters.